The van der Waals surface area contributed by atoms with E-state index in [-0.39, 0.29) is 0 Å². The number of fused-ring (bicyclic) bond motifs is 4. The van der Waals surface area contributed by atoms with Crippen molar-refractivity contribution in [3.63, 3.8) is 0 Å². The lowest BCUT2D eigenvalue weighted by Gasteiger charge is -2.15. The molecule has 10 rings (SSSR count). The number of hydrogen-bond donors (Lipinski definition) is 0. The van der Waals surface area contributed by atoms with Gasteiger partial charge in [-0.1, -0.05) is 170 Å². The fraction of sp³-hybridized carbons (Fsp3) is 0. The number of nitrogens with zero attached hydrogens (tertiary/aromatic N) is 1. The molecule has 10 aromatic rings. The molecule has 0 atom stereocenters. The van der Waals surface area contributed by atoms with Crippen LogP contribution in [0.3, 0.4) is 0 Å². The fourth-order valence-electron chi connectivity index (χ4n) is 8.01. The number of aromatic nitrogens is 1. The average molecular weight is 716 g/mol. The van der Waals surface area contributed by atoms with Gasteiger partial charge in [0.1, 0.15) is 11.2 Å². The summed E-state index contributed by atoms with van der Waals surface area (Å²) in [5.41, 5.74) is 16.7. The number of rotatable bonds is 8. The molecule has 8 aromatic carbocycles. The minimum absolute atomic E-state index is 0.895. The van der Waals surface area contributed by atoms with E-state index in [1.165, 1.54) is 27.6 Å². The highest BCUT2D eigenvalue weighted by Gasteiger charge is 2.17. The Hall–Kier alpha value is -7.42. The van der Waals surface area contributed by atoms with Crippen LogP contribution in [0, 0.1) is 0 Å². The van der Waals surface area contributed by atoms with E-state index in [1.54, 1.807) is 0 Å². The topological polar surface area (TPSA) is 18.1 Å². The Labute approximate surface area is 326 Å². The van der Waals surface area contributed by atoms with Gasteiger partial charge in [0.05, 0.1) is 11.2 Å². The molecule has 2 aromatic heterocycles. The second kappa shape index (κ2) is 14.1. The predicted molar refractivity (Wildman–Crippen MR) is 238 cm³/mol. The van der Waals surface area contributed by atoms with Gasteiger partial charge in [-0.2, -0.15) is 0 Å². The molecule has 0 unspecified atom stereocenters. The summed E-state index contributed by atoms with van der Waals surface area (Å²) >= 11 is 0. The van der Waals surface area contributed by atoms with E-state index >= 15 is 0 Å². The summed E-state index contributed by atoms with van der Waals surface area (Å²) in [7, 11) is 0. The first-order chi connectivity index (χ1) is 27.7. The van der Waals surface area contributed by atoms with E-state index in [0.717, 1.165) is 72.2 Å². The summed E-state index contributed by atoms with van der Waals surface area (Å²) in [6.45, 7) is 4.37. The Morgan fingerprint density at radius 1 is 0.393 bits per heavy atom. The molecule has 0 aliphatic rings. The van der Waals surface area contributed by atoms with E-state index in [1.807, 2.05) is 18.2 Å². The standard InChI is InChI=1S/C54H37NO/c1-2-51-48(31-21-37-22-32-54-50(33-37)49-18-10-12-20-53(49)56-54)47-17-9-11-19-52(47)55(51)46-35-44(42-27-23-40(24-28-42)38-13-5-3-6-14-38)34-45(36-46)43-29-25-41(26-30-43)39-15-7-4-8-16-39/h2-36H,1H2. The molecule has 2 heteroatoms. The van der Waals surface area contributed by atoms with Crippen LogP contribution in [-0.2, 0) is 0 Å². The summed E-state index contributed by atoms with van der Waals surface area (Å²) in [4.78, 5) is 0. The van der Waals surface area contributed by atoms with Crippen molar-refractivity contribution in [3.8, 4) is 50.2 Å². The highest BCUT2D eigenvalue weighted by Crippen LogP contribution is 2.38. The molecule has 2 heterocycles. The zero-order chi connectivity index (χ0) is 37.4. The first kappa shape index (κ1) is 33.2. The number of hydrogen-bond acceptors (Lipinski definition) is 1. The van der Waals surface area contributed by atoms with Gasteiger partial charge in [0.25, 0.3) is 0 Å². The Bertz CT molecular complexity index is 2950. The van der Waals surface area contributed by atoms with E-state index < -0.39 is 0 Å². The first-order valence-electron chi connectivity index (χ1n) is 19.0. The lowest BCUT2D eigenvalue weighted by molar-refractivity contribution is 0.669. The molecule has 0 aliphatic heterocycles. The molecule has 0 saturated carbocycles. The van der Waals surface area contributed by atoms with Crippen LogP contribution in [0.25, 0.3) is 101 Å². The number of benzene rings is 8. The summed E-state index contributed by atoms with van der Waals surface area (Å²) in [6, 6.07) is 69.1. The van der Waals surface area contributed by atoms with Crippen LogP contribution in [0.5, 0.6) is 0 Å². The van der Waals surface area contributed by atoms with Gasteiger partial charge >= 0.3 is 0 Å². The van der Waals surface area contributed by atoms with Crippen LogP contribution >= 0.6 is 0 Å². The third-order valence-corrected chi connectivity index (χ3v) is 10.8. The highest BCUT2D eigenvalue weighted by atomic mass is 16.3. The summed E-state index contributed by atoms with van der Waals surface area (Å²) in [6.07, 6.45) is 6.42. The first-order valence-corrected chi connectivity index (χ1v) is 19.0. The van der Waals surface area contributed by atoms with Crippen LogP contribution < -0.4 is 0 Å². The maximum Gasteiger partial charge on any atom is 0.135 e. The van der Waals surface area contributed by atoms with E-state index in [9.17, 15) is 0 Å². The minimum atomic E-state index is 0.895. The number of furan rings is 1. The molecule has 0 N–H and O–H groups in total. The van der Waals surface area contributed by atoms with Gasteiger partial charge in [0.15, 0.2) is 0 Å². The Morgan fingerprint density at radius 2 is 0.893 bits per heavy atom. The minimum Gasteiger partial charge on any atom is -0.456 e. The zero-order valence-corrected chi connectivity index (χ0v) is 30.8. The van der Waals surface area contributed by atoms with Crippen molar-refractivity contribution >= 4 is 51.1 Å². The molecule has 0 spiro atoms. The van der Waals surface area contributed by atoms with Crippen molar-refractivity contribution in [3.05, 3.63) is 218 Å². The van der Waals surface area contributed by atoms with Gasteiger partial charge in [-0.05, 0) is 98.6 Å². The lowest BCUT2D eigenvalue weighted by atomic mass is 9.95. The quantitative estimate of drug-likeness (QED) is 0.153. The van der Waals surface area contributed by atoms with Gasteiger partial charge in [-0.15, -0.1) is 0 Å². The summed E-state index contributed by atoms with van der Waals surface area (Å²) in [5, 5.41) is 3.41. The largest absolute Gasteiger partial charge is 0.456 e. The highest BCUT2D eigenvalue weighted by molar-refractivity contribution is 6.06. The smallest absolute Gasteiger partial charge is 0.135 e. The SMILES string of the molecule is C=Cc1c(C=Cc2ccc3oc4ccccc4c3c2)c2ccccc2n1-c1cc(-c2ccc(-c3ccccc3)cc2)cc(-c2ccc(-c3ccccc3)cc2)c1. The fourth-order valence-corrected chi connectivity index (χ4v) is 8.01. The van der Waals surface area contributed by atoms with Crippen LogP contribution in [0.15, 0.2) is 205 Å². The third-order valence-electron chi connectivity index (χ3n) is 10.8. The van der Waals surface area contributed by atoms with Crippen molar-refractivity contribution < 1.29 is 4.42 Å². The molecule has 0 saturated heterocycles. The molecule has 0 bridgehead atoms. The van der Waals surface area contributed by atoms with Crippen molar-refractivity contribution in [1.82, 2.24) is 4.57 Å². The normalized spacial score (nSPS) is 11.6. The van der Waals surface area contributed by atoms with Crippen molar-refractivity contribution in [2.24, 2.45) is 0 Å². The molecule has 0 aliphatic carbocycles. The van der Waals surface area contributed by atoms with Crippen molar-refractivity contribution in [2.75, 3.05) is 0 Å². The second-order valence-electron chi connectivity index (χ2n) is 14.2. The van der Waals surface area contributed by atoms with Crippen LogP contribution in [0.2, 0.25) is 0 Å². The number of para-hydroxylation sites is 2. The molecule has 0 radical (unpaired) electrons. The van der Waals surface area contributed by atoms with Crippen LogP contribution in [-0.4, -0.2) is 4.57 Å². The molecular formula is C54H37NO. The van der Waals surface area contributed by atoms with E-state index in [4.69, 9.17) is 4.42 Å². The van der Waals surface area contributed by atoms with E-state index in [0.29, 0.717) is 0 Å². The molecular weight excluding hydrogens is 679 g/mol. The van der Waals surface area contributed by atoms with Gasteiger partial charge in [-0.3, -0.25) is 0 Å². The maximum atomic E-state index is 6.11. The van der Waals surface area contributed by atoms with Gasteiger partial charge in [0.2, 0.25) is 0 Å². The molecule has 2 nitrogen and oxygen atoms in total. The van der Waals surface area contributed by atoms with Crippen LogP contribution in [0.1, 0.15) is 16.8 Å². The van der Waals surface area contributed by atoms with Gasteiger partial charge in [0, 0.05) is 27.4 Å². The second-order valence-corrected chi connectivity index (χ2v) is 14.2. The average Bonchev–Trinajstić information content (AvgIpc) is 3.81. The zero-order valence-electron chi connectivity index (χ0n) is 30.8. The third kappa shape index (κ3) is 6.04. The summed E-state index contributed by atoms with van der Waals surface area (Å²) < 4.78 is 8.47. The van der Waals surface area contributed by atoms with E-state index in [2.05, 4.69) is 205 Å². The van der Waals surface area contributed by atoms with Gasteiger partial charge in [-0.25, -0.2) is 0 Å². The monoisotopic (exact) mass is 715 g/mol. The Kier molecular flexibility index (Phi) is 8.35. The molecule has 264 valence electrons. The van der Waals surface area contributed by atoms with Crippen molar-refractivity contribution in [2.45, 2.75) is 0 Å². The lowest BCUT2D eigenvalue weighted by Crippen LogP contribution is -1.98. The molecule has 0 fully saturated rings. The Balaban J connectivity index is 1.11. The maximum absolute atomic E-state index is 6.11. The molecule has 56 heavy (non-hydrogen) atoms. The van der Waals surface area contributed by atoms with Gasteiger partial charge < -0.3 is 8.98 Å². The summed E-state index contributed by atoms with van der Waals surface area (Å²) in [5.74, 6) is 0. The predicted octanol–water partition coefficient (Wildman–Crippen LogP) is 15.0. The molecule has 0 amide bonds. The Morgan fingerprint density at radius 3 is 1.50 bits per heavy atom. The van der Waals surface area contributed by atoms with Crippen LogP contribution in [0.4, 0.5) is 0 Å². The van der Waals surface area contributed by atoms with Crippen molar-refractivity contribution in [1.29, 1.82) is 0 Å².